The largest absolute Gasteiger partial charge is 0.310 e. The summed E-state index contributed by atoms with van der Waals surface area (Å²) < 4.78 is 0. The topological polar surface area (TPSA) is 3.24 Å². The average molecular weight is 460 g/mol. The first-order valence-electron chi connectivity index (χ1n) is 12.8. The van der Waals surface area contributed by atoms with Crippen molar-refractivity contribution < 1.29 is 0 Å². The summed E-state index contributed by atoms with van der Waals surface area (Å²) in [4.78, 5) is 2.49. The van der Waals surface area contributed by atoms with Gasteiger partial charge in [-0.25, -0.2) is 0 Å². The predicted octanol–water partition coefficient (Wildman–Crippen LogP) is 9.33. The highest BCUT2D eigenvalue weighted by atomic mass is 15.2. The van der Waals surface area contributed by atoms with Crippen LogP contribution in [-0.4, -0.2) is 0 Å². The lowest BCUT2D eigenvalue weighted by Crippen LogP contribution is -2.34. The van der Waals surface area contributed by atoms with E-state index in [1.54, 1.807) is 0 Å². The summed E-state index contributed by atoms with van der Waals surface area (Å²) in [6.45, 7) is 17.9. The van der Waals surface area contributed by atoms with Gasteiger partial charge in [0.15, 0.2) is 0 Å². The van der Waals surface area contributed by atoms with Crippen LogP contribution >= 0.6 is 0 Å². The lowest BCUT2D eigenvalue weighted by Gasteiger charge is -2.43. The van der Waals surface area contributed by atoms with Crippen LogP contribution in [-0.2, 0) is 10.8 Å². The third-order valence-electron chi connectivity index (χ3n) is 8.61. The van der Waals surface area contributed by atoms with Gasteiger partial charge in [0.2, 0.25) is 0 Å². The molecule has 2 aliphatic carbocycles. The first kappa shape index (κ1) is 23.4. The number of nitrogens with zero attached hydrogens (tertiary/aromatic N) is 1. The normalized spacial score (nSPS) is 23.1. The van der Waals surface area contributed by atoms with Gasteiger partial charge in [-0.05, 0) is 76.8 Å². The summed E-state index contributed by atoms with van der Waals surface area (Å²) in [5.41, 5.74) is 12.1. The van der Waals surface area contributed by atoms with Crippen LogP contribution in [0.5, 0.6) is 0 Å². The molecule has 1 unspecified atom stereocenters. The van der Waals surface area contributed by atoms with Crippen LogP contribution in [0.25, 0.3) is 5.57 Å². The molecule has 5 rings (SSSR count). The van der Waals surface area contributed by atoms with E-state index in [1.165, 1.54) is 50.5 Å². The zero-order valence-corrected chi connectivity index (χ0v) is 22.0. The smallest absolute Gasteiger partial charge is 0.0502 e. The summed E-state index contributed by atoms with van der Waals surface area (Å²) in [5, 5.41) is 0. The fourth-order valence-electron chi connectivity index (χ4n) is 6.00. The molecule has 0 fully saturated rings. The number of hydrogen-bond acceptors (Lipinski definition) is 1. The van der Waals surface area contributed by atoms with Gasteiger partial charge >= 0.3 is 0 Å². The third-order valence-corrected chi connectivity index (χ3v) is 8.61. The molecule has 0 aromatic heterocycles. The van der Waals surface area contributed by atoms with Gasteiger partial charge in [-0.2, -0.15) is 0 Å². The highest BCUT2D eigenvalue weighted by Gasteiger charge is 2.42. The maximum Gasteiger partial charge on any atom is 0.0502 e. The van der Waals surface area contributed by atoms with E-state index in [0.717, 1.165) is 6.42 Å². The molecule has 0 spiro atoms. The summed E-state index contributed by atoms with van der Waals surface area (Å²) >= 11 is 0. The number of hydrogen-bond donors (Lipinski definition) is 0. The average Bonchev–Trinajstić information content (AvgIpc) is 3.01. The SMILES string of the molecule is C=C/C(C)=C/C=C1/c2ccc(N3C4=C(CC=CC=C4)C(C)(C)c4ccccc43)cc2C(C)(C)C1C. The minimum Gasteiger partial charge on any atom is -0.310 e. The Morgan fingerprint density at radius 1 is 1.03 bits per heavy atom. The number of anilines is 2. The molecule has 2 aromatic carbocycles. The summed E-state index contributed by atoms with van der Waals surface area (Å²) in [7, 11) is 0. The molecule has 1 aliphatic heterocycles. The van der Waals surface area contributed by atoms with Crippen molar-refractivity contribution in [1.29, 1.82) is 0 Å². The van der Waals surface area contributed by atoms with Crippen molar-refractivity contribution >= 4 is 16.9 Å². The van der Waals surface area contributed by atoms with Crippen LogP contribution in [0.15, 0.2) is 108 Å². The molecule has 0 radical (unpaired) electrons. The number of fused-ring (bicyclic) bond motifs is 2. The molecule has 0 amide bonds. The zero-order valence-electron chi connectivity index (χ0n) is 22.0. The standard InChI is InChI=1S/C34H37N/c1-8-23(2)18-20-26-24(3)33(4,5)30-22-25(19-21-27(26)30)35-31-16-11-9-10-14-28(31)34(6,7)29-15-12-13-17-32(29)35/h8-13,15-22,24H,1,14H2,2-7H3/b23-18+,26-20+. The molecule has 0 saturated carbocycles. The van der Waals surface area contributed by atoms with Crippen molar-refractivity contribution in [1.82, 2.24) is 0 Å². The zero-order chi connectivity index (χ0) is 25.0. The minimum absolute atomic E-state index is 0.0167. The van der Waals surface area contributed by atoms with Crippen LogP contribution < -0.4 is 4.90 Å². The van der Waals surface area contributed by atoms with Crippen LogP contribution in [0.3, 0.4) is 0 Å². The van der Waals surface area contributed by atoms with Crippen molar-refractivity contribution in [3.63, 3.8) is 0 Å². The van der Waals surface area contributed by atoms with Gasteiger partial charge in [0.1, 0.15) is 0 Å². The van der Waals surface area contributed by atoms with Crippen LogP contribution in [0, 0.1) is 5.92 Å². The molecular weight excluding hydrogens is 422 g/mol. The lowest BCUT2D eigenvalue weighted by molar-refractivity contribution is 0.442. The fourth-order valence-corrected chi connectivity index (χ4v) is 6.00. The molecule has 3 aliphatic rings. The Morgan fingerprint density at radius 2 is 1.80 bits per heavy atom. The van der Waals surface area contributed by atoms with E-state index < -0.39 is 0 Å². The second-order valence-electron chi connectivity index (χ2n) is 11.2. The van der Waals surface area contributed by atoms with Crippen LogP contribution in [0.4, 0.5) is 11.4 Å². The second-order valence-corrected chi connectivity index (χ2v) is 11.2. The van der Waals surface area contributed by atoms with Crippen molar-refractivity contribution in [2.75, 3.05) is 4.90 Å². The maximum absolute atomic E-state index is 3.91. The van der Waals surface area contributed by atoms with Crippen molar-refractivity contribution in [2.45, 2.75) is 58.8 Å². The quantitative estimate of drug-likeness (QED) is 0.413. The molecule has 1 atom stereocenters. The highest BCUT2D eigenvalue weighted by Crippen LogP contribution is 2.54. The van der Waals surface area contributed by atoms with E-state index in [0.29, 0.717) is 5.92 Å². The molecule has 0 bridgehead atoms. The van der Waals surface area contributed by atoms with Gasteiger partial charge in [-0.3, -0.25) is 0 Å². The van der Waals surface area contributed by atoms with Crippen molar-refractivity contribution in [3.05, 3.63) is 125 Å². The molecule has 178 valence electrons. The molecule has 35 heavy (non-hydrogen) atoms. The van der Waals surface area contributed by atoms with Gasteiger partial charge in [-0.1, -0.05) is 107 Å². The number of rotatable bonds is 3. The van der Waals surface area contributed by atoms with Crippen LogP contribution in [0.1, 0.15) is 64.7 Å². The first-order chi connectivity index (χ1) is 16.7. The van der Waals surface area contributed by atoms with Gasteiger partial charge < -0.3 is 4.90 Å². The summed E-state index contributed by atoms with van der Waals surface area (Å²) in [6.07, 6.45) is 16.3. The Bertz CT molecular complexity index is 1350. The Balaban J connectivity index is 1.71. The van der Waals surface area contributed by atoms with Gasteiger partial charge in [-0.15, -0.1) is 0 Å². The number of benzene rings is 2. The van der Waals surface area contributed by atoms with E-state index in [9.17, 15) is 0 Å². The second kappa shape index (κ2) is 8.41. The van der Waals surface area contributed by atoms with E-state index in [4.69, 9.17) is 0 Å². The van der Waals surface area contributed by atoms with E-state index in [2.05, 4.69) is 132 Å². The molecule has 1 nitrogen and oxygen atoms in total. The van der Waals surface area contributed by atoms with Gasteiger partial charge in [0.05, 0.1) is 5.69 Å². The van der Waals surface area contributed by atoms with Gasteiger partial charge in [0, 0.05) is 16.8 Å². The fraction of sp³-hybridized carbons (Fsp3) is 0.294. The molecule has 1 heteroatoms. The monoisotopic (exact) mass is 459 g/mol. The van der Waals surface area contributed by atoms with Crippen LogP contribution in [0.2, 0.25) is 0 Å². The van der Waals surface area contributed by atoms with Crippen molar-refractivity contribution in [3.8, 4) is 0 Å². The van der Waals surface area contributed by atoms with E-state index in [-0.39, 0.29) is 10.8 Å². The Morgan fingerprint density at radius 3 is 2.57 bits per heavy atom. The maximum atomic E-state index is 3.91. The summed E-state index contributed by atoms with van der Waals surface area (Å²) in [6, 6.07) is 16.0. The molecule has 1 heterocycles. The molecular formula is C34H37N. The van der Waals surface area contributed by atoms with E-state index in [1.807, 2.05) is 6.08 Å². The number of allylic oxidation sites excluding steroid dienone is 10. The summed E-state index contributed by atoms with van der Waals surface area (Å²) in [5.74, 6) is 0.436. The van der Waals surface area contributed by atoms with E-state index >= 15 is 0 Å². The first-order valence-corrected chi connectivity index (χ1v) is 12.8. The van der Waals surface area contributed by atoms with Gasteiger partial charge in [0.25, 0.3) is 0 Å². The minimum atomic E-state index is -0.0167. The third kappa shape index (κ3) is 3.60. The molecule has 2 aromatic rings. The Labute approximate surface area is 211 Å². The number of para-hydroxylation sites is 1. The molecule has 0 N–H and O–H groups in total. The Hall–Kier alpha value is -3.32. The highest BCUT2D eigenvalue weighted by molar-refractivity contribution is 5.84. The molecule has 0 saturated heterocycles. The predicted molar refractivity (Wildman–Crippen MR) is 152 cm³/mol. The lowest BCUT2D eigenvalue weighted by atomic mass is 9.72. The Kier molecular flexibility index (Phi) is 5.63. The van der Waals surface area contributed by atoms with Crippen molar-refractivity contribution in [2.24, 2.45) is 5.92 Å².